The first-order chi connectivity index (χ1) is 9.06. The monoisotopic (exact) mass is 256 g/mol. The summed E-state index contributed by atoms with van der Waals surface area (Å²) in [6.45, 7) is 2.54. The van der Waals surface area contributed by atoms with Gasteiger partial charge in [-0.25, -0.2) is 0 Å². The molecule has 19 heavy (non-hydrogen) atoms. The van der Waals surface area contributed by atoms with Crippen molar-refractivity contribution in [1.29, 1.82) is 0 Å². The summed E-state index contributed by atoms with van der Waals surface area (Å²) in [6, 6.07) is 9.44. The van der Waals surface area contributed by atoms with Crippen molar-refractivity contribution in [3.63, 3.8) is 0 Å². The molecule has 0 saturated carbocycles. The molecule has 0 aliphatic carbocycles. The highest BCUT2D eigenvalue weighted by molar-refractivity contribution is 5.94. The van der Waals surface area contributed by atoms with Crippen molar-refractivity contribution in [2.45, 2.75) is 13.5 Å². The van der Waals surface area contributed by atoms with E-state index in [1.54, 1.807) is 11.9 Å². The van der Waals surface area contributed by atoms with Crippen LogP contribution in [0.4, 0.5) is 0 Å². The second kappa shape index (κ2) is 5.52. The summed E-state index contributed by atoms with van der Waals surface area (Å²) >= 11 is 0. The Morgan fingerprint density at radius 3 is 2.79 bits per heavy atom. The third kappa shape index (κ3) is 3.31. The fraction of sp³-hybridized carbons (Fsp3) is 0.200. The van der Waals surface area contributed by atoms with Gasteiger partial charge in [0.15, 0.2) is 0 Å². The van der Waals surface area contributed by atoms with Gasteiger partial charge in [0.2, 0.25) is 0 Å². The van der Waals surface area contributed by atoms with E-state index in [1.807, 2.05) is 31.2 Å². The number of carbonyl (C=O) groups is 1. The smallest absolute Gasteiger partial charge is 0.255 e. The molecule has 0 unspecified atom stereocenters. The zero-order valence-electron chi connectivity index (χ0n) is 11.0. The fourth-order valence-corrected chi connectivity index (χ4v) is 1.92. The van der Waals surface area contributed by atoms with Gasteiger partial charge in [0, 0.05) is 19.8 Å². The molecule has 0 spiro atoms. The van der Waals surface area contributed by atoms with Crippen LogP contribution in [0.25, 0.3) is 0 Å². The van der Waals surface area contributed by atoms with Crippen molar-refractivity contribution in [3.05, 3.63) is 59.4 Å². The highest BCUT2D eigenvalue weighted by Crippen LogP contribution is 2.13. The average molecular weight is 256 g/mol. The Bertz CT molecular complexity index is 596. The quantitative estimate of drug-likeness (QED) is 0.917. The van der Waals surface area contributed by atoms with Crippen LogP contribution >= 0.6 is 0 Å². The molecule has 0 aliphatic rings. The molecule has 4 nitrogen and oxygen atoms in total. The number of aryl methyl sites for hydroxylation is 1. The minimum absolute atomic E-state index is 0.00481. The lowest BCUT2D eigenvalue weighted by Crippen LogP contribution is -2.26. The highest BCUT2D eigenvalue weighted by atomic mass is 16.3. The summed E-state index contributed by atoms with van der Waals surface area (Å²) < 4.78 is 0. The molecular weight excluding hydrogens is 240 g/mol. The largest absolute Gasteiger partial charge is 0.506 e. The van der Waals surface area contributed by atoms with E-state index in [1.165, 1.54) is 18.5 Å². The number of aromatic hydroxyl groups is 1. The molecular formula is C15H16N2O2. The van der Waals surface area contributed by atoms with E-state index in [9.17, 15) is 9.90 Å². The lowest BCUT2D eigenvalue weighted by molar-refractivity contribution is 0.0784. The Labute approximate surface area is 112 Å². The maximum Gasteiger partial charge on any atom is 0.255 e. The van der Waals surface area contributed by atoms with E-state index in [0.29, 0.717) is 12.1 Å². The van der Waals surface area contributed by atoms with E-state index in [4.69, 9.17) is 0 Å². The molecule has 0 atom stereocenters. The molecule has 1 aromatic carbocycles. The van der Waals surface area contributed by atoms with Crippen molar-refractivity contribution < 1.29 is 9.90 Å². The summed E-state index contributed by atoms with van der Waals surface area (Å²) in [5, 5.41) is 9.34. The number of aromatic nitrogens is 1. The van der Waals surface area contributed by atoms with Crippen LogP contribution in [0.5, 0.6) is 5.75 Å². The van der Waals surface area contributed by atoms with Crippen molar-refractivity contribution in [1.82, 2.24) is 9.88 Å². The Morgan fingerprint density at radius 1 is 1.32 bits per heavy atom. The summed E-state index contributed by atoms with van der Waals surface area (Å²) in [7, 11) is 1.73. The van der Waals surface area contributed by atoms with Crippen LogP contribution in [0.15, 0.2) is 42.7 Å². The van der Waals surface area contributed by atoms with Crippen LogP contribution in [0.2, 0.25) is 0 Å². The van der Waals surface area contributed by atoms with E-state index >= 15 is 0 Å². The first-order valence-electron chi connectivity index (χ1n) is 6.01. The predicted molar refractivity (Wildman–Crippen MR) is 72.9 cm³/mol. The van der Waals surface area contributed by atoms with E-state index in [-0.39, 0.29) is 11.7 Å². The average Bonchev–Trinajstić information content (AvgIpc) is 2.38. The van der Waals surface area contributed by atoms with E-state index in [2.05, 4.69) is 4.98 Å². The van der Waals surface area contributed by atoms with Crippen LogP contribution in [0.1, 0.15) is 21.5 Å². The van der Waals surface area contributed by atoms with Gasteiger partial charge < -0.3 is 10.0 Å². The predicted octanol–water partition coefficient (Wildman–Crippen LogP) is 2.37. The van der Waals surface area contributed by atoms with Gasteiger partial charge in [-0.2, -0.15) is 0 Å². The standard InChI is InChI=1S/C15H16N2O2/c1-11-4-3-5-12(6-11)10-17(2)15(19)13-7-14(18)9-16-8-13/h3-9,18H,10H2,1-2H3. The van der Waals surface area contributed by atoms with Gasteiger partial charge in [-0.3, -0.25) is 9.78 Å². The molecule has 1 heterocycles. The Balaban J connectivity index is 2.12. The fourth-order valence-electron chi connectivity index (χ4n) is 1.92. The van der Waals surface area contributed by atoms with Gasteiger partial charge in [-0.15, -0.1) is 0 Å². The van der Waals surface area contributed by atoms with Crippen molar-refractivity contribution in [2.75, 3.05) is 7.05 Å². The molecule has 1 N–H and O–H groups in total. The molecule has 1 aromatic heterocycles. The normalized spacial score (nSPS) is 10.2. The highest BCUT2D eigenvalue weighted by Gasteiger charge is 2.13. The number of nitrogens with zero attached hydrogens (tertiary/aromatic N) is 2. The number of benzene rings is 1. The molecule has 0 radical (unpaired) electrons. The van der Waals surface area contributed by atoms with Crippen LogP contribution < -0.4 is 0 Å². The topological polar surface area (TPSA) is 53.4 Å². The Hall–Kier alpha value is -2.36. The maximum absolute atomic E-state index is 12.2. The maximum atomic E-state index is 12.2. The minimum Gasteiger partial charge on any atom is -0.506 e. The van der Waals surface area contributed by atoms with Crippen LogP contribution in [-0.2, 0) is 6.54 Å². The van der Waals surface area contributed by atoms with Gasteiger partial charge in [0.1, 0.15) is 5.75 Å². The molecule has 1 amide bonds. The van der Waals surface area contributed by atoms with Gasteiger partial charge in [-0.05, 0) is 18.6 Å². The minimum atomic E-state index is -0.162. The van der Waals surface area contributed by atoms with Gasteiger partial charge in [0.25, 0.3) is 5.91 Å². The molecule has 0 aliphatic heterocycles. The van der Waals surface area contributed by atoms with Gasteiger partial charge in [0.05, 0.1) is 11.8 Å². The molecule has 2 rings (SSSR count). The number of hydrogen-bond donors (Lipinski definition) is 1. The number of carbonyl (C=O) groups excluding carboxylic acids is 1. The first-order valence-corrected chi connectivity index (χ1v) is 6.01. The summed E-state index contributed by atoms with van der Waals surface area (Å²) in [5.74, 6) is -0.167. The molecule has 0 bridgehead atoms. The number of pyridine rings is 1. The van der Waals surface area contributed by atoms with Crippen molar-refractivity contribution >= 4 is 5.91 Å². The summed E-state index contributed by atoms with van der Waals surface area (Å²) in [4.78, 5) is 17.6. The SMILES string of the molecule is Cc1cccc(CN(C)C(=O)c2cncc(O)c2)c1. The lowest BCUT2D eigenvalue weighted by atomic mass is 10.1. The van der Waals surface area contributed by atoms with Gasteiger partial charge in [-0.1, -0.05) is 29.8 Å². The zero-order chi connectivity index (χ0) is 13.8. The van der Waals surface area contributed by atoms with Crippen LogP contribution in [0.3, 0.4) is 0 Å². The molecule has 0 saturated heterocycles. The summed E-state index contributed by atoms with van der Waals surface area (Å²) in [6.07, 6.45) is 2.76. The lowest BCUT2D eigenvalue weighted by Gasteiger charge is -2.17. The van der Waals surface area contributed by atoms with E-state index < -0.39 is 0 Å². The zero-order valence-corrected chi connectivity index (χ0v) is 11.0. The van der Waals surface area contributed by atoms with Crippen LogP contribution in [-0.4, -0.2) is 27.9 Å². The second-order valence-corrected chi connectivity index (χ2v) is 4.58. The Kier molecular flexibility index (Phi) is 3.80. The Morgan fingerprint density at radius 2 is 2.11 bits per heavy atom. The number of amides is 1. The number of hydrogen-bond acceptors (Lipinski definition) is 3. The van der Waals surface area contributed by atoms with Crippen LogP contribution in [0, 0.1) is 6.92 Å². The summed E-state index contributed by atoms with van der Waals surface area (Å²) in [5.41, 5.74) is 2.62. The van der Waals surface area contributed by atoms with Crippen molar-refractivity contribution in [2.24, 2.45) is 0 Å². The number of rotatable bonds is 3. The second-order valence-electron chi connectivity index (χ2n) is 4.58. The molecule has 4 heteroatoms. The van der Waals surface area contributed by atoms with E-state index in [0.717, 1.165) is 11.1 Å². The third-order valence-corrected chi connectivity index (χ3v) is 2.82. The third-order valence-electron chi connectivity index (χ3n) is 2.82. The van der Waals surface area contributed by atoms with Crippen molar-refractivity contribution in [3.8, 4) is 5.75 Å². The van der Waals surface area contributed by atoms with Gasteiger partial charge >= 0.3 is 0 Å². The molecule has 2 aromatic rings. The first kappa shape index (κ1) is 13.1. The molecule has 0 fully saturated rings. The molecule has 98 valence electrons.